The van der Waals surface area contributed by atoms with E-state index in [1.165, 1.54) is 11.3 Å². The highest BCUT2D eigenvalue weighted by molar-refractivity contribution is 7.17. The SMILES string of the molecule is Cc1nc(-c2cccc(Cl)c2)sc1C(=O)OCC(=O)N1CCOCC1. The molecule has 0 N–H and O–H groups in total. The number of hydrogen-bond donors (Lipinski definition) is 0. The molecule has 2 heterocycles. The van der Waals surface area contributed by atoms with Gasteiger partial charge in [-0.2, -0.15) is 0 Å². The molecule has 3 rings (SSSR count). The van der Waals surface area contributed by atoms with Gasteiger partial charge in [0.05, 0.1) is 18.9 Å². The average Bonchev–Trinajstić information content (AvgIpc) is 3.02. The highest BCUT2D eigenvalue weighted by atomic mass is 35.5. The molecule has 0 aliphatic carbocycles. The Hall–Kier alpha value is -1.96. The van der Waals surface area contributed by atoms with Crippen molar-refractivity contribution in [2.75, 3.05) is 32.9 Å². The maximum atomic E-state index is 12.3. The molecule has 2 aromatic rings. The molecule has 0 bridgehead atoms. The maximum absolute atomic E-state index is 12.3. The molecule has 1 aromatic heterocycles. The van der Waals surface area contributed by atoms with Crippen LogP contribution in [-0.2, 0) is 14.3 Å². The first-order valence-corrected chi connectivity index (χ1v) is 9.00. The standard InChI is InChI=1S/C17H17ClN2O4S/c1-11-15(25-16(19-11)12-3-2-4-13(18)9-12)17(22)24-10-14(21)20-5-7-23-8-6-20/h2-4,9H,5-8,10H2,1H3. The van der Waals surface area contributed by atoms with Gasteiger partial charge in [0, 0.05) is 23.7 Å². The number of hydrogen-bond acceptors (Lipinski definition) is 6. The lowest BCUT2D eigenvalue weighted by Crippen LogP contribution is -2.42. The van der Waals surface area contributed by atoms with Crippen molar-refractivity contribution in [3.63, 3.8) is 0 Å². The minimum atomic E-state index is -0.537. The average molecular weight is 381 g/mol. The fourth-order valence-corrected chi connectivity index (χ4v) is 3.57. The van der Waals surface area contributed by atoms with E-state index < -0.39 is 5.97 Å². The van der Waals surface area contributed by atoms with Crippen molar-refractivity contribution in [3.05, 3.63) is 39.9 Å². The summed E-state index contributed by atoms with van der Waals surface area (Å²) in [7, 11) is 0. The predicted molar refractivity (Wildman–Crippen MR) is 95.0 cm³/mol. The zero-order valence-electron chi connectivity index (χ0n) is 13.7. The summed E-state index contributed by atoms with van der Waals surface area (Å²) < 4.78 is 10.4. The van der Waals surface area contributed by atoms with E-state index in [1.54, 1.807) is 24.0 Å². The second kappa shape index (κ2) is 7.95. The summed E-state index contributed by atoms with van der Waals surface area (Å²) in [4.78, 5) is 30.8. The Kier molecular flexibility index (Phi) is 5.67. The van der Waals surface area contributed by atoms with Gasteiger partial charge in [0.25, 0.3) is 5.91 Å². The van der Waals surface area contributed by atoms with Gasteiger partial charge in [-0.25, -0.2) is 9.78 Å². The molecule has 6 nitrogen and oxygen atoms in total. The number of nitrogens with zero attached hydrogens (tertiary/aromatic N) is 2. The molecule has 1 aliphatic rings. The van der Waals surface area contributed by atoms with Gasteiger partial charge in [-0.05, 0) is 19.1 Å². The summed E-state index contributed by atoms with van der Waals surface area (Å²) in [5, 5.41) is 1.29. The van der Waals surface area contributed by atoms with Crippen LogP contribution >= 0.6 is 22.9 Å². The minimum absolute atomic E-state index is 0.214. The van der Waals surface area contributed by atoms with Gasteiger partial charge in [-0.15, -0.1) is 11.3 Å². The molecule has 1 saturated heterocycles. The van der Waals surface area contributed by atoms with Crippen LogP contribution in [0.25, 0.3) is 10.6 Å². The summed E-state index contributed by atoms with van der Waals surface area (Å²) in [6.07, 6.45) is 0. The monoisotopic (exact) mass is 380 g/mol. The molecule has 1 aromatic carbocycles. The number of thiazole rings is 1. The highest BCUT2D eigenvalue weighted by Gasteiger charge is 2.21. The molecule has 1 amide bonds. The number of benzene rings is 1. The van der Waals surface area contributed by atoms with Crippen molar-refractivity contribution in [2.45, 2.75) is 6.92 Å². The van der Waals surface area contributed by atoms with Crippen LogP contribution < -0.4 is 0 Å². The fraction of sp³-hybridized carbons (Fsp3) is 0.353. The molecule has 25 heavy (non-hydrogen) atoms. The molecular formula is C17H17ClN2O4S. The zero-order valence-corrected chi connectivity index (χ0v) is 15.2. The second-order valence-electron chi connectivity index (χ2n) is 5.51. The number of carbonyl (C=O) groups is 2. The molecule has 1 fully saturated rings. The first kappa shape index (κ1) is 17.8. The fourth-order valence-electron chi connectivity index (χ4n) is 2.43. The van der Waals surface area contributed by atoms with E-state index in [4.69, 9.17) is 21.1 Å². The number of esters is 1. The molecule has 0 atom stereocenters. The summed E-state index contributed by atoms with van der Waals surface area (Å²) >= 11 is 7.22. The maximum Gasteiger partial charge on any atom is 0.350 e. The van der Waals surface area contributed by atoms with Gasteiger partial charge in [0.2, 0.25) is 0 Å². The summed E-state index contributed by atoms with van der Waals surface area (Å²) in [5.74, 6) is -0.751. The van der Waals surface area contributed by atoms with Crippen LogP contribution in [0.4, 0.5) is 0 Å². The van der Waals surface area contributed by atoms with E-state index in [0.29, 0.717) is 46.9 Å². The van der Waals surface area contributed by atoms with Gasteiger partial charge >= 0.3 is 5.97 Å². The summed E-state index contributed by atoms with van der Waals surface area (Å²) in [6.45, 7) is 3.53. The van der Waals surface area contributed by atoms with Gasteiger partial charge in [0.1, 0.15) is 9.88 Å². The lowest BCUT2D eigenvalue weighted by Gasteiger charge is -2.26. The van der Waals surface area contributed by atoms with Crippen molar-refractivity contribution < 1.29 is 19.1 Å². The molecule has 0 radical (unpaired) electrons. The number of amides is 1. The molecule has 0 spiro atoms. The van der Waals surface area contributed by atoms with Crippen molar-refractivity contribution in [1.29, 1.82) is 0 Å². The van der Waals surface area contributed by atoms with Crippen molar-refractivity contribution >= 4 is 34.8 Å². The normalized spacial score (nSPS) is 14.4. The number of ether oxygens (including phenoxy) is 2. The van der Waals surface area contributed by atoms with E-state index in [-0.39, 0.29) is 12.5 Å². The van der Waals surface area contributed by atoms with E-state index in [2.05, 4.69) is 4.98 Å². The Bertz CT molecular complexity index is 787. The second-order valence-corrected chi connectivity index (χ2v) is 6.95. The van der Waals surface area contributed by atoms with Gasteiger partial charge in [-0.3, -0.25) is 4.79 Å². The van der Waals surface area contributed by atoms with E-state index >= 15 is 0 Å². The van der Waals surface area contributed by atoms with Crippen LogP contribution in [0.3, 0.4) is 0 Å². The quantitative estimate of drug-likeness (QED) is 0.763. The molecule has 132 valence electrons. The molecule has 1 aliphatic heterocycles. The molecule has 8 heteroatoms. The Balaban J connectivity index is 1.65. The summed E-state index contributed by atoms with van der Waals surface area (Å²) in [6, 6.07) is 7.27. The van der Waals surface area contributed by atoms with Crippen LogP contribution in [0.1, 0.15) is 15.4 Å². The summed E-state index contributed by atoms with van der Waals surface area (Å²) in [5.41, 5.74) is 1.41. The van der Waals surface area contributed by atoms with Crippen LogP contribution in [-0.4, -0.2) is 54.7 Å². The van der Waals surface area contributed by atoms with Crippen LogP contribution in [0.2, 0.25) is 5.02 Å². The number of aryl methyl sites for hydroxylation is 1. The Morgan fingerprint density at radius 1 is 1.36 bits per heavy atom. The van der Waals surface area contributed by atoms with E-state index in [1.807, 2.05) is 12.1 Å². The number of rotatable bonds is 4. The van der Waals surface area contributed by atoms with Gasteiger partial charge in [-0.1, -0.05) is 23.7 Å². The Labute approximate surface area is 154 Å². The smallest absolute Gasteiger partial charge is 0.350 e. The van der Waals surface area contributed by atoms with Crippen LogP contribution in [0, 0.1) is 6.92 Å². The first-order valence-electron chi connectivity index (χ1n) is 7.80. The Morgan fingerprint density at radius 3 is 2.84 bits per heavy atom. The lowest BCUT2D eigenvalue weighted by molar-refractivity contribution is -0.138. The number of morpholine rings is 1. The third-order valence-corrected chi connectivity index (χ3v) is 5.17. The number of carbonyl (C=O) groups excluding carboxylic acids is 2. The van der Waals surface area contributed by atoms with Crippen LogP contribution in [0.15, 0.2) is 24.3 Å². The predicted octanol–water partition coefficient (Wildman–Crippen LogP) is 2.79. The zero-order chi connectivity index (χ0) is 17.8. The Morgan fingerprint density at radius 2 is 2.12 bits per heavy atom. The van der Waals surface area contributed by atoms with Gasteiger partial charge < -0.3 is 14.4 Å². The molecule has 0 saturated carbocycles. The minimum Gasteiger partial charge on any atom is -0.451 e. The number of aromatic nitrogens is 1. The molecule has 0 unspecified atom stereocenters. The lowest BCUT2D eigenvalue weighted by atomic mass is 10.2. The third-order valence-electron chi connectivity index (χ3n) is 3.74. The largest absolute Gasteiger partial charge is 0.451 e. The third kappa shape index (κ3) is 4.36. The van der Waals surface area contributed by atoms with Crippen molar-refractivity contribution in [1.82, 2.24) is 9.88 Å². The van der Waals surface area contributed by atoms with E-state index in [0.717, 1.165) is 5.56 Å². The number of halogens is 1. The molecular weight excluding hydrogens is 364 g/mol. The van der Waals surface area contributed by atoms with Crippen molar-refractivity contribution in [2.24, 2.45) is 0 Å². The first-order chi connectivity index (χ1) is 12.0. The van der Waals surface area contributed by atoms with Crippen LogP contribution in [0.5, 0.6) is 0 Å². The van der Waals surface area contributed by atoms with Gasteiger partial charge in [0.15, 0.2) is 6.61 Å². The highest BCUT2D eigenvalue weighted by Crippen LogP contribution is 2.29. The topological polar surface area (TPSA) is 68.7 Å². The van der Waals surface area contributed by atoms with Crippen molar-refractivity contribution in [3.8, 4) is 10.6 Å². The van der Waals surface area contributed by atoms with E-state index in [9.17, 15) is 9.59 Å².